The van der Waals surface area contributed by atoms with Crippen LogP contribution in [0.2, 0.25) is 0 Å². The van der Waals surface area contributed by atoms with Crippen molar-refractivity contribution in [1.29, 1.82) is 0 Å². The number of piperazine rings is 1. The summed E-state index contributed by atoms with van der Waals surface area (Å²) in [6.45, 7) is 4.29. The highest BCUT2D eigenvalue weighted by molar-refractivity contribution is 5.96. The van der Waals surface area contributed by atoms with Crippen molar-refractivity contribution >= 4 is 23.2 Å². The molecule has 2 aliphatic rings. The molecule has 0 aromatic heterocycles. The molecule has 1 saturated carbocycles. The van der Waals surface area contributed by atoms with Gasteiger partial charge in [0.05, 0.1) is 11.0 Å². The fourth-order valence-corrected chi connectivity index (χ4v) is 4.27. The second kappa shape index (κ2) is 9.82. The summed E-state index contributed by atoms with van der Waals surface area (Å²) in [5.74, 6) is 0.482. The van der Waals surface area contributed by atoms with E-state index in [0.717, 1.165) is 12.8 Å². The summed E-state index contributed by atoms with van der Waals surface area (Å²) in [5, 5.41) is 13.8. The number of amides is 2. The number of rotatable bonds is 6. The molecule has 1 aromatic rings. The Balaban J connectivity index is 1.49. The Kier molecular flexibility index (Phi) is 7.19. The first-order valence-electron chi connectivity index (χ1n) is 10.5. The molecule has 1 heterocycles. The normalized spacial score (nSPS) is 19.6. The smallest absolute Gasteiger partial charge is 0.292 e. The number of para-hydroxylation sites is 2. The first-order chi connectivity index (χ1) is 14.0. The van der Waals surface area contributed by atoms with E-state index in [2.05, 4.69) is 5.32 Å². The van der Waals surface area contributed by atoms with Gasteiger partial charge in [-0.05, 0) is 31.7 Å². The molecule has 29 heavy (non-hydrogen) atoms. The largest absolute Gasteiger partial charge is 0.340 e. The number of benzene rings is 1. The Hall–Kier alpha value is -2.48. The lowest BCUT2D eigenvalue weighted by Crippen LogP contribution is -2.54. The summed E-state index contributed by atoms with van der Waals surface area (Å²) in [5.41, 5.74) is 0.0850. The predicted octanol–water partition coefficient (Wildman–Crippen LogP) is 3.04. The molecule has 1 aliphatic heterocycles. The van der Waals surface area contributed by atoms with Crippen LogP contribution in [0.3, 0.4) is 0 Å². The van der Waals surface area contributed by atoms with Crippen LogP contribution in [0.15, 0.2) is 24.3 Å². The molecule has 1 aliphatic carbocycles. The molecule has 8 nitrogen and oxygen atoms in total. The molecule has 1 N–H and O–H groups in total. The van der Waals surface area contributed by atoms with Crippen LogP contribution in [0.4, 0.5) is 11.4 Å². The minimum Gasteiger partial charge on any atom is -0.340 e. The second-order valence-electron chi connectivity index (χ2n) is 8.06. The zero-order chi connectivity index (χ0) is 20.8. The van der Waals surface area contributed by atoms with E-state index in [-0.39, 0.29) is 23.2 Å². The maximum atomic E-state index is 12.6. The van der Waals surface area contributed by atoms with Gasteiger partial charge in [-0.2, -0.15) is 0 Å². The van der Waals surface area contributed by atoms with Crippen molar-refractivity contribution in [1.82, 2.24) is 9.80 Å². The molecule has 2 amide bonds. The highest BCUT2D eigenvalue weighted by Crippen LogP contribution is 2.27. The summed E-state index contributed by atoms with van der Waals surface area (Å²) in [6, 6.07) is 5.71. The monoisotopic (exact) mass is 402 g/mol. The van der Waals surface area contributed by atoms with E-state index >= 15 is 0 Å². The van der Waals surface area contributed by atoms with Gasteiger partial charge in [-0.25, -0.2) is 0 Å². The minimum absolute atomic E-state index is 0.119. The van der Waals surface area contributed by atoms with Crippen LogP contribution in [0, 0.1) is 16.0 Å². The SMILES string of the molecule is CC(C(=O)Nc1ccccc1[N+](=O)[O-])N1CCN(C(=O)CC2CCCCC2)CC1. The van der Waals surface area contributed by atoms with E-state index in [1.165, 1.54) is 31.4 Å². The van der Waals surface area contributed by atoms with Crippen LogP contribution in [0.5, 0.6) is 0 Å². The maximum absolute atomic E-state index is 12.6. The third kappa shape index (κ3) is 5.53. The average Bonchev–Trinajstić information content (AvgIpc) is 2.74. The van der Waals surface area contributed by atoms with Crippen molar-refractivity contribution in [3.63, 3.8) is 0 Å². The Morgan fingerprint density at radius 2 is 1.79 bits per heavy atom. The highest BCUT2D eigenvalue weighted by atomic mass is 16.6. The molecular formula is C21H30N4O4. The van der Waals surface area contributed by atoms with Gasteiger partial charge in [-0.15, -0.1) is 0 Å². The molecule has 2 fully saturated rings. The zero-order valence-corrected chi connectivity index (χ0v) is 17.0. The van der Waals surface area contributed by atoms with Crippen molar-refractivity contribution in [2.45, 2.75) is 51.5 Å². The van der Waals surface area contributed by atoms with Gasteiger partial charge in [-0.1, -0.05) is 31.4 Å². The van der Waals surface area contributed by atoms with Gasteiger partial charge in [-0.3, -0.25) is 24.6 Å². The van der Waals surface area contributed by atoms with Crippen molar-refractivity contribution in [3.8, 4) is 0 Å². The van der Waals surface area contributed by atoms with Gasteiger partial charge in [0, 0.05) is 38.7 Å². The molecule has 3 rings (SSSR count). The number of nitro groups is 1. The van der Waals surface area contributed by atoms with Gasteiger partial charge < -0.3 is 10.2 Å². The molecule has 1 saturated heterocycles. The second-order valence-corrected chi connectivity index (χ2v) is 8.06. The summed E-state index contributed by atoms with van der Waals surface area (Å²) < 4.78 is 0. The molecule has 0 bridgehead atoms. The molecule has 0 radical (unpaired) electrons. The van der Waals surface area contributed by atoms with Crippen LogP contribution in [-0.4, -0.2) is 58.8 Å². The van der Waals surface area contributed by atoms with Gasteiger partial charge in [0.15, 0.2) is 0 Å². The molecule has 1 unspecified atom stereocenters. The fraction of sp³-hybridized carbons (Fsp3) is 0.619. The van der Waals surface area contributed by atoms with E-state index in [1.54, 1.807) is 19.1 Å². The Labute approximate surface area is 171 Å². The third-order valence-electron chi connectivity index (χ3n) is 6.14. The number of nitro benzene ring substituents is 1. The number of carbonyl (C=O) groups is 2. The van der Waals surface area contributed by atoms with Crippen molar-refractivity contribution in [2.75, 3.05) is 31.5 Å². The van der Waals surface area contributed by atoms with Crippen molar-refractivity contribution in [2.24, 2.45) is 5.92 Å². The van der Waals surface area contributed by atoms with E-state index in [1.807, 2.05) is 9.80 Å². The number of anilines is 1. The van der Waals surface area contributed by atoms with E-state index in [0.29, 0.717) is 38.5 Å². The summed E-state index contributed by atoms with van der Waals surface area (Å²) in [7, 11) is 0. The first kappa shape index (κ1) is 21.2. The van der Waals surface area contributed by atoms with E-state index < -0.39 is 11.0 Å². The summed E-state index contributed by atoms with van der Waals surface area (Å²) >= 11 is 0. The Morgan fingerprint density at radius 3 is 2.45 bits per heavy atom. The van der Waals surface area contributed by atoms with E-state index in [9.17, 15) is 19.7 Å². The maximum Gasteiger partial charge on any atom is 0.292 e. The molecule has 1 aromatic carbocycles. The summed E-state index contributed by atoms with van der Waals surface area (Å²) in [4.78, 5) is 39.7. The van der Waals surface area contributed by atoms with Crippen LogP contribution >= 0.6 is 0 Å². The lowest BCUT2D eigenvalue weighted by Gasteiger charge is -2.38. The van der Waals surface area contributed by atoms with Gasteiger partial charge in [0.1, 0.15) is 5.69 Å². The average molecular weight is 402 g/mol. The molecular weight excluding hydrogens is 372 g/mol. The molecule has 8 heteroatoms. The zero-order valence-electron chi connectivity index (χ0n) is 17.0. The van der Waals surface area contributed by atoms with E-state index in [4.69, 9.17) is 0 Å². The van der Waals surface area contributed by atoms with Gasteiger partial charge in [0.2, 0.25) is 11.8 Å². The van der Waals surface area contributed by atoms with Crippen LogP contribution < -0.4 is 5.32 Å². The van der Waals surface area contributed by atoms with Gasteiger partial charge in [0.25, 0.3) is 5.69 Å². The third-order valence-corrected chi connectivity index (χ3v) is 6.14. The highest BCUT2D eigenvalue weighted by Gasteiger charge is 2.29. The van der Waals surface area contributed by atoms with Crippen molar-refractivity contribution in [3.05, 3.63) is 34.4 Å². The minimum atomic E-state index is -0.503. The predicted molar refractivity (Wildman–Crippen MR) is 111 cm³/mol. The first-order valence-corrected chi connectivity index (χ1v) is 10.5. The Morgan fingerprint density at radius 1 is 1.14 bits per heavy atom. The number of nitrogens with one attached hydrogen (secondary N) is 1. The lowest BCUT2D eigenvalue weighted by atomic mass is 9.86. The lowest BCUT2D eigenvalue weighted by molar-refractivity contribution is -0.383. The standard InChI is InChI=1S/C21H30N4O4/c1-16(21(27)22-18-9-5-6-10-19(18)25(28)29)23-11-13-24(14-12-23)20(26)15-17-7-3-2-4-8-17/h5-6,9-10,16-17H,2-4,7-8,11-15H2,1H3,(H,22,27). The molecule has 0 spiro atoms. The quantitative estimate of drug-likeness (QED) is 0.583. The molecule has 1 atom stereocenters. The fourth-order valence-electron chi connectivity index (χ4n) is 4.27. The van der Waals surface area contributed by atoms with Crippen LogP contribution in [-0.2, 0) is 9.59 Å². The van der Waals surface area contributed by atoms with Crippen molar-refractivity contribution < 1.29 is 14.5 Å². The van der Waals surface area contributed by atoms with Gasteiger partial charge >= 0.3 is 0 Å². The topological polar surface area (TPSA) is 95.8 Å². The number of hydrogen-bond acceptors (Lipinski definition) is 5. The number of nitrogens with zero attached hydrogens (tertiary/aromatic N) is 3. The van der Waals surface area contributed by atoms with Crippen LogP contribution in [0.25, 0.3) is 0 Å². The summed E-state index contributed by atoms with van der Waals surface area (Å²) in [6.07, 6.45) is 6.72. The molecule has 158 valence electrons. The number of carbonyl (C=O) groups excluding carboxylic acids is 2. The number of hydrogen-bond donors (Lipinski definition) is 1. The Bertz CT molecular complexity index is 740. The van der Waals surface area contributed by atoms with Crippen LogP contribution in [0.1, 0.15) is 45.4 Å².